The van der Waals surface area contributed by atoms with E-state index in [0.29, 0.717) is 6.54 Å². The van der Waals surface area contributed by atoms with Gasteiger partial charge in [-0.3, -0.25) is 9.20 Å². The molecule has 3 aromatic rings. The van der Waals surface area contributed by atoms with Crippen molar-refractivity contribution in [1.29, 1.82) is 0 Å². The largest absolute Gasteiger partial charge is 0.350 e. The minimum Gasteiger partial charge on any atom is -0.350 e. The van der Waals surface area contributed by atoms with Crippen LogP contribution in [0, 0.1) is 5.82 Å². The first-order valence-electron chi connectivity index (χ1n) is 7.13. The van der Waals surface area contributed by atoms with Crippen LogP contribution in [0.1, 0.15) is 24.1 Å². The van der Waals surface area contributed by atoms with Gasteiger partial charge >= 0.3 is 0 Å². The van der Waals surface area contributed by atoms with Crippen molar-refractivity contribution < 1.29 is 9.18 Å². The molecule has 0 bridgehead atoms. The van der Waals surface area contributed by atoms with Gasteiger partial charge in [-0.1, -0.05) is 12.1 Å². The molecule has 112 valence electrons. The van der Waals surface area contributed by atoms with Crippen LogP contribution in [0.2, 0.25) is 0 Å². The zero-order valence-corrected chi connectivity index (χ0v) is 12.6. The van der Waals surface area contributed by atoms with Crippen molar-refractivity contribution in [2.24, 2.45) is 0 Å². The number of hydrogen-bond acceptors (Lipinski definition) is 3. The maximum atomic E-state index is 13.0. The van der Waals surface area contributed by atoms with Crippen LogP contribution < -0.4 is 5.32 Å². The summed E-state index contributed by atoms with van der Waals surface area (Å²) in [5.41, 5.74) is 1.25. The third-order valence-corrected chi connectivity index (χ3v) is 4.93. The Labute approximate surface area is 130 Å². The van der Waals surface area contributed by atoms with Gasteiger partial charge in [0.05, 0.1) is 17.7 Å². The molecule has 1 aliphatic rings. The Bertz CT molecular complexity index is 804. The molecule has 1 saturated carbocycles. The summed E-state index contributed by atoms with van der Waals surface area (Å²) in [6.45, 7) is 0.413. The van der Waals surface area contributed by atoms with Crippen LogP contribution in [0.5, 0.6) is 0 Å². The summed E-state index contributed by atoms with van der Waals surface area (Å²) in [5, 5.41) is 4.93. The van der Waals surface area contributed by atoms with Crippen molar-refractivity contribution >= 4 is 22.2 Å². The average Bonchev–Trinajstić information content (AvgIpc) is 3.06. The van der Waals surface area contributed by atoms with Crippen molar-refractivity contribution in [1.82, 2.24) is 14.7 Å². The number of benzene rings is 1. The molecule has 0 atom stereocenters. The van der Waals surface area contributed by atoms with E-state index in [1.807, 2.05) is 22.2 Å². The number of nitrogens with one attached hydrogen (secondary N) is 1. The Morgan fingerprint density at radius 3 is 2.82 bits per heavy atom. The Hall–Kier alpha value is -2.21. The number of rotatable bonds is 4. The number of aromatic nitrogens is 2. The Kier molecular flexibility index (Phi) is 3.00. The van der Waals surface area contributed by atoms with Crippen LogP contribution in [0.4, 0.5) is 4.39 Å². The first-order valence-corrected chi connectivity index (χ1v) is 8.01. The van der Waals surface area contributed by atoms with Gasteiger partial charge in [0.15, 0.2) is 4.96 Å². The molecule has 2 aromatic heterocycles. The molecule has 0 saturated heterocycles. The molecule has 6 heteroatoms. The number of amides is 1. The lowest BCUT2D eigenvalue weighted by atomic mass is 9.95. The smallest absolute Gasteiger partial charge is 0.230 e. The zero-order chi connectivity index (χ0) is 15.2. The van der Waals surface area contributed by atoms with Crippen LogP contribution in [0.15, 0.2) is 42.0 Å². The van der Waals surface area contributed by atoms with E-state index in [1.165, 1.54) is 12.1 Å². The molecule has 1 amide bonds. The average molecular weight is 315 g/mol. The maximum absolute atomic E-state index is 13.0. The van der Waals surface area contributed by atoms with Crippen LogP contribution in [0.3, 0.4) is 0 Å². The van der Waals surface area contributed by atoms with Crippen molar-refractivity contribution in [3.05, 3.63) is 59.1 Å². The van der Waals surface area contributed by atoms with Gasteiger partial charge < -0.3 is 5.32 Å². The highest BCUT2D eigenvalue weighted by molar-refractivity contribution is 7.15. The molecule has 1 aliphatic carbocycles. The first-order chi connectivity index (χ1) is 10.7. The maximum Gasteiger partial charge on any atom is 0.230 e. The molecule has 0 aliphatic heterocycles. The number of fused-ring (bicyclic) bond motifs is 1. The third-order valence-electron chi connectivity index (χ3n) is 4.15. The van der Waals surface area contributed by atoms with E-state index in [0.717, 1.165) is 29.1 Å². The molecule has 4 nitrogen and oxygen atoms in total. The fraction of sp³-hybridized carbons (Fsp3) is 0.250. The standard InChI is InChI=1S/C16H14FN3OS/c17-12-3-1-11(2-4-12)16(5-6-16)14(21)18-9-13-10-20-7-8-22-15(20)19-13/h1-4,7-8,10H,5-6,9H2,(H,18,21). The van der Waals surface area contributed by atoms with E-state index < -0.39 is 5.41 Å². The molecule has 22 heavy (non-hydrogen) atoms. The summed E-state index contributed by atoms with van der Waals surface area (Å²) in [6, 6.07) is 6.22. The number of hydrogen-bond donors (Lipinski definition) is 1. The van der Waals surface area contributed by atoms with Crippen LogP contribution in [0.25, 0.3) is 4.96 Å². The first kappa shape index (κ1) is 13.5. The van der Waals surface area contributed by atoms with Crippen LogP contribution in [-0.2, 0) is 16.8 Å². The van der Waals surface area contributed by atoms with Gasteiger partial charge in [0, 0.05) is 17.8 Å². The quantitative estimate of drug-likeness (QED) is 0.805. The number of halogens is 1. The van der Waals surface area contributed by atoms with Crippen molar-refractivity contribution in [2.45, 2.75) is 24.8 Å². The summed E-state index contributed by atoms with van der Waals surface area (Å²) in [5.74, 6) is -0.284. The fourth-order valence-electron chi connectivity index (χ4n) is 2.74. The number of carbonyl (C=O) groups is 1. The topological polar surface area (TPSA) is 46.4 Å². The summed E-state index contributed by atoms with van der Waals surface area (Å²) >= 11 is 1.56. The molecule has 1 fully saturated rings. The lowest BCUT2D eigenvalue weighted by Crippen LogP contribution is -2.34. The predicted molar refractivity (Wildman–Crippen MR) is 82.2 cm³/mol. The Morgan fingerprint density at radius 1 is 1.36 bits per heavy atom. The fourth-order valence-corrected chi connectivity index (χ4v) is 3.46. The SMILES string of the molecule is O=C(NCc1cn2ccsc2n1)C1(c2ccc(F)cc2)CC1. The van der Waals surface area contributed by atoms with Crippen molar-refractivity contribution in [3.63, 3.8) is 0 Å². The van der Waals surface area contributed by atoms with Gasteiger partial charge in [0.2, 0.25) is 5.91 Å². The van der Waals surface area contributed by atoms with Crippen molar-refractivity contribution in [3.8, 4) is 0 Å². The van der Waals surface area contributed by atoms with Gasteiger partial charge in [0.1, 0.15) is 5.82 Å². The second-order valence-corrected chi connectivity index (χ2v) is 6.47. The molecule has 1 N–H and O–H groups in total. The lowest BCUT2D eigenvalue weighted by molar-refractivity contribution is -0.123. The van der Waals surface area contributed by atoms with Gasteiger partial charge in [-0.2, -0.15) is 0 Å². The molecule has 0 spiro atoms. The van der Waals surface area contributed by atoms with E-state index in [4.69, 9.17) is 0 Å². The summed E-state index contributed by atoms with van der Waals surface area (Å²) < 4.78 is 15.0. The minimum absolute atomic E-state index is 0.00420. The number of carbonyl (C=O) groups excluding carboxylic acids is 1. The number of imidazole rings is 1. The van der Waals surface area contributed by atoms with Gasteiger partial charge in [-0.25, -0.2) is 9.37 Å². The summed E-state index contributed by atoms with van der Waals surface area (Å²) in [6.07, 6.45) is 5.48. The molecule has 0 radical (unpaired) electrons. The van der Waals surface area contributed by atoms with Gasteiger partial charge in [-0.05, 0) is 30.5 Å². The van der Waals surface area contributed by atoms with E-state index in [9.17, 15) is 9.18 Å². The second-order valence-electron chi connectivity index (χ2n) is 5.60. The lowest BCUT2D eigenvalue weighted by Gasteiger charge is -2.15. The molecule has 0 unspecified atom stereocenters. The summed E-state index contributed by atoms with van der Waals surface area (Å²) in [4.78, 5) is 17.9. The van der Waals surface area contributed by atoms with Gasteiger partial charge in [-0.15, -0.1) is 11.3 Å². The molecule has 2 heterocycles. The zero-order valence-electron chi connectivity index (χ0n) is 11.8. The molecular formula is C16H14FN3OS. The van der Waals surface area contributed by atoms with E-state index in [1.54, 1.807) is 23.5 Å². The van der Waals surface area contributed by atoms with E-state index in [2.05, 4.69) is 10.3 Å². The highest BCUT2D eigenvalue weighted by atomic mass is 32.1. The van der Waals surface area contributed by atoms with E-state index >= 15 is 0 Å². The highest BCUT2D eigenvalue weighted by Crippen LogP contribution is 2.48. The van der Waals surface area contributed by atoms with Crippen molar-refractivity contribution in [2.75, 3.05) is 0 Å². The molecule has 4 rings (SSSR count). The minimum atomic E-state index is -0.481. The van der Waals surface area contributed by atoms with Crippen LogP contribution >= 0.6 is 11.3 Å². The van der Waals surface area contributed by atoms with Crippen LogP contribution in [-0.4, -0.2) is 15.3 Å². The molecular weight excluding hydrogens is 301 g/mol. The highest BCUT2D eigenvalue weighted by Gasteiger charge is 2.51. The van der Waals surface area contributed by atoms with Gasteiger partial charge in [0.25, 0.3) is 0 Å². The number of thiazole rings is 1. The Morgan fingerprint density at radius 2 is 2.14 bits per heavy atom. The second kappa shape index (κ2) is 4.91. The monoisotopic (exact) mass is 315 g/mol. The number of nitrogens with zero attached hydrogens (tertiary/aromatic N) is 2. The normalized spacial score (nSPS) is 15.9. The molecule has 1 aromatic carbocycles. The summed E-state index contributed by atoms with van der Waals surface area (Å²) in [7, 11) is 0. The van der Waals surface area contributed by atoms with E-state index in [-0.39, 0.29) is 11.7 Å². The Balaban J connectivity index is 1.47. The predicted octanol–water partition coefficient (Wildman–Crippen LogP) is 2.88. The third kappa shape index (κ3) is 2.20.